The lowest BCUT2D eigenvalue weighted by Crippen LogP contribution is -2.05. The first-order valence-corrected chi connectivity index (χ1v) is 9.92. The van der Waals surface area contributed by atoms with Gasteiger partial charge in [0, 0.05) is 29.6 Å². The predicted octanol–water partition coefficient (Wildman–Crippen LogP) is 6.17. The minimum atomic E-state index is -0.428. The third kappa shape index (κ3) is 3.75. The number of nitrogens with zero attached hydrogens (tertiary/aromatic N) is 2. The minimum absolute atomic E-state index is 0. The van der Waals surface area contributed by atoms with E-state index in [9.17, 15) is 9.90 Å². The molecule has 1 amide bonds. The summed E-state index contributed by atoms with van der Waals surface area (Å²) in [7, 11) is 0. The number of hydrogen-bond acceptors (Lipinski definition) is 5. The van der Waals surface area contributed by atoms with Crippen molar-refractivity contribution in [2.24, 2.45) is 0 Å². The molecule has 5 rings (SSSR count). The maximum absolute atomic E-state index is 12.6. The first kappa shape index (κ1) is 21.6. The van der Waals surface area contributed by atoms with E-state index in [-0.39, 0.29) is 29.5 Å². The molecule has 0 radical (unpaired) electrons. The first-order chi connectivity index (χ1) is 15.0. The van der Waals surface area contributed by atoms with Gasteiger partial charge < -0.3 is 14.9 Å². The number of pyridine rings is 1. The van der Waals surface area contributed by atoms with Crippen LogP contribution in [0.3, 0.4) is 0 Å². The van der Waals surface area contributed by atoms with E-state index in [1.54, 1.807) is 37.5 Å². The Bertz CT molecular complexity index is 1350. The Hall–Kier alpha value is -3.61. The number of nitrogens with one attached hydrogen (secondary N) is 1. The molecule has 0 aliphatic carbocycles. The van der Waals surface area contributed by atoms with Gasteiger partial charge in [-0.3, -0.25) is 9.78 Å². The molecule has 0 saturated heterocycles. The number of aromatic nitrogens is 2. The second-order valence-corrected chi connectivity index (χ2v) is 7.61. The number of fused-ring (bicyclic) bond motifs is 1. The summed E-state index contributed by atoms with van der Waals surface area (Å²) in [5.41, 5.74) is 5.56. The van der Waals surface area contributed by atoms with E-state index in [1.807, 2.05) is 36.4 Å². The van der Waals surface area contributed by atoms with Crippen LogP contribution in [-0.4, -0.2) is 21.2 Å². The van der Waals surface area contributed by atoms with Crippen molar-refractivity contribution in [1.82, 2.24) is 10.1 Å². The van der Waals surface area contributed by atoms with Gasteiger partial charge >= 0.3 is 0 Å². The van der Waals surface area contributed by atoms with Gasteiger partial charge in [-0.15, -0.1) is 12.4 Å². The standard InChI is InChI=1S/C24H16ClN3O3.ClH/c1-13-10-21(31-28-13)23(29)22-18-11-17(19(25)12-20(18)27-24(22)30)16-4-2-14(3-5-16)15-6-8-26-9-7-15;/h2-12,29H,1H3,(H,27,30);1H. The van der Waals surface area contributed by atoms with Crippen LogP contribution in [0.15, 0.2) is 71.5 Å². The maximum Gasteiger partial charge on any atom is 0.260 e. The number of carbonyl (C=O) groups is 1. The quantitative estimate of drug-likeness (QED) is 0.279. The molecule has 1 aliphatic heterocycles. The molecule has 3 heterocycles. The van der Waals surface area contributed by atoms with Gasteiger partial charge in [0.15, 0.2) is 5.76 Å². The van der Waals surface area contributed by atoms with E-state index < -0.39 is 5.91 Å². The van der Waals surface area contributed by atoms with Crippen molar-refractivity contribution in [3.8, 4) is 22.3 Å². The van der Waals surface area contributed by atoms with Crippen LogP contribution >= 0.6 is 24.0 Å². The van der Waals surface area contributed by atoms with Crippen LogP contribution in [-0.2, 0) is 4.79 Å². The lowest BCUT2D eigenvalue weighted by Gasteiger charge is -2.10. The van der Waals surface area contributed by atoms with Crippen LogP contribution in [0.1, 0.15) is 17.0 Å². The third-order valence-corrected chi connectivity index (χ3v) is 5.47. The third-order valence-electron chi connectivity index (χ3n) is 5.16. The lowest BCUT2D eigenvalue weighted by atomic mass is 9.96. The summed E-state index contributed by atoms with van der Waals surface area (Å²) >= 11 is 6.53. The highest BCUT2D eigenvalue weighted by atomic mass is 35.5. The van der Waals surface area contributed by atoms with Crippen molar-refractivity contribution >= 4 is 46.9 Å². The van der Waals surface area contributed by atoms with Gasteiger partial charge in [-0.1, -0.05) is 41.0 Å². The van der Waals surface area contributed by atoms with Crippen LogP contribution in [0, 0.1) is 6.92 Å². The summed E-state index contributed by atoms with van der Waals surface area (Å²) in [6.45, 7) is 1.74. The monoisotopic (exact) mass is 465 g/mol. The fourth-order valence-electron chi connectivity index (χ4n) is 3.63. The molecule has 2 aromatic carbocycles. The minimum Gasteiger partial charge on any atom is -0.504 e. The van der Waals surface area contributed by atoms with Crippen molar-refractivity contribution in [2.45, 2.75) is 6.92 Å². The predicted molar refractivity (Wildman–Crippen MR) is 127 cm³/mol. The normalized spacial score (nSPS) is 13.9. The second-order valence-electron chi connectivity index (χ2n) is 7.20. The number of aliphatic hydroxyl groups excluding tert-OH is 1. The van der Waals surface area contributed by atoms with Gasteiger partial charge in [0.05, 0.1) is 22.0 Å². The highest BCUT2D eigenvalue weighted by Gasteiger charge is 2.31. The fourth-order valence-corrected chi connectivity index (χ4v) is 3.90. The Kier molecular flexibility index (Phi) is 5.74. The highest BCUT2D eigenvalue weighted by molar-refractivity contribution is 6.38. The molecule has 0 atom stereocenters. The number of amides is 1. The van der Waals surface area contributed by atoms with E-state index in [0.29, 0.717) is 22.0 Å². The molecule has 0 unspecified atom stereocenters. The summed E-state index contributed by atoms with van der Waals surface area (Å²) in [6.07, 6.45) is 3.50. The second kappa shape index (κ2) is 8.49. The van der Waals surface area contributed by atoms with Gasteiger partial charge in [-0.2, -0.15) is 0 Å². The van der Waals surface area contributed by atoms with Crippen molar-refractivity contribution < 1.29 is 14.4 Å². The molecule has 0 bridgehead atoms. The van der Waals surface area contributed by atoms with Gasteiger partial charge in [0.1, 0.15) is 0 Å². The lowest BCUT2D eigenvalue weighted by molar-refractivity contribution is -0.110. The number of carbonyl (C=O) groups excluding carboxylic acids is 1. The summed E-state index contributed by atoms with van der Waals surface area (Å²) < 4.78 is 5.13. The van der Waals surface area contributed by atoms with E-state index in [4.69, 9.17) is 16.1 Å². The molecule has 8 heteroatoms. The van der Waals surface area contributed by atoms with Crippen LogP contribution < -0.4 is 5.32 Å². The van der Waals surface area contributed by atoms with Gasteiger partial charge in [-0.05, 0) is 47.9 Å². The van der Waals surface area contributed by atoms with Crippen LogP contribution in [0.5, 0.6) is 0 Å². The zero-order valence-electron chi connectivity index (χ0n) is 16.8. The van der Waals surface area contributed by atoms with Gasteiger partial charge in [-0.25, -0.2) is 0 Å². The molecule has 0 fully saturated rings. The van der Waals surface area contributed by atoms with Crippen molar-refractivity contribution in [3.05, 3.63) is 89.0 Å². The smallest absolute Gasteiger partial charge is 0.260 e. The van der Waals surface area contributed by atoms with Crippen LogP contribution in [0.25, 0.3) is 33.6 Å². The number of aryl methyl sites for hydroxylation is 1. The fraction of sp³-hybridized carbons (Fsp3) is 0.0417. The number of hydrogen-bond donors (Lipinski definition) is 2. The summed E-state index contributed by atoms with van der Waals surface area (Å²) in [5.74, 6) is -0.560. The Morgan fingerprint density at radius 2 is 1.62 bits per heavy atom. The largest absolute Gasteiger partial charge is 0.504 e. The topological polar surface area (TPSA) is 88.2 Å². The van der Waals surface area contributed by atoms with Gasteiger partial charge in [0.2, 0.25) is 5.76 Å². The Labute approximate surface area is 195 Å². The van der Waals surface area contributed by atoms with E-state index in [1.165, 1.54) is 0 Å². The van der Waals surface area contributed by atoms with Crippen molar-refractivity contribution in [2.75, 3.05) is 5.32 Å². The molecular formula is C24H17Cl2N3O3. The summed E-state index contributed by atoms with van der Waals surface area (Å²) in [5, 5.41) is 17.7. The average Bonchev–Trinajstić information content (AvgIpc) is 3.35. The summed E-state index contributed by atoms with van der Waals surface area (Å²) in [4.78, 5) is 16.6. The Morgan fingerprint density at radius 1 is 0.969 bits per heavy atom. The van der Waals surface area contributed by atoms with Crippen molar-refractivity contribution in [3.63, 3.8) is 0 Å². The number of benzene rings is 2. The summed E-state index contributed by atoms with van der Waals surface area (Å²) in [6, 6.07) is 16.9. The number of anilines is 1. The number of aliphatic hydroxyl groups is 1. The zero-order valence-corrected chi connectivity index (χ0v) is 18.4. The van der Waals surface area contributed by atoms with Crippen LogP contribution in [0.2, 0.25) is 5.02 Å². The average molecular weight is 466 g/mol. The highest BCUT2D eigenvalue weighted by Crippen LogP contribution is 2.42. The van der Waals surface area contributed by atoms with Crippen molar-refractivity contribution in [1.29, 1.82) is 0 Å². The molecule has 2 N–H and O–H groups in total. The molecule has 6 nitrogen and oxygen atoms in total. The van der Waals surface area contributed by atoms with Crippen LogP contribution in [0.4, 0.5) is 5.69 Å². The zero-order chi connectivity index (χ0) is 21.5. The van der Waals surface area contributed by atoms with Gasteiger partial charge in [0.25, 0.3) is 5.91 Å². The molecule has 2 aromatic heterocycles. The molecule has 0 spiro atoms. The molecule has 32 heavy (non-hydrogen) atoms. The first-order valence-electron chi connectivity index (χ1n) is 9.54. The molecule has 160 valence electrons. The Balaban J connectivity index is 0.00000245. The SMILES string of the molecule is Cc1cc(C(O)=C2C(=O)Nc3cc(Cl)c(-c4ccc(-c5ccncc5)cc4)cc32)on1.Cl. The number of halogens is 2. The molecule has 0 saturated carbocycles. The molecule has 1 aliphatic rings. The van der Waals surface area contributed by atoms with E-state index in [2.05, 4.69) is 15.5 Å². The number of rotatable bonds is 3. The molecular weight excluding hydrogens is 449 g/mol. The maximum atomic E-state index is 12.6. The van der Waals surface area contributed by atoms with E-state index in [0.717, 1.165) is 22.3 Å². The van der Waals surface area contributed by atoms with E-state index >= 15 is 0 Å². The molecule has 4 aromatic rings. The Morgan fingerprint density at radius 3 is 2.28 bits per heavy atom.